The molecule has 1 aromatic heterocycles. The summed E-state index contributed by atoms with van der Waals surface area (Å²) in [5.74, 6) is 0.218. The van der Waals surface area contributed by atoms with Crippen molar-refractivity contribution in [2.75, 3.05) is 5.88 Å². The lowest BCUT2D eigenvalue weighted by atomic mass is 10.2. The molecule has 11 heavy (non-hydrogen) atoms. The monoisotopic (exact) mass is 174 g/mol. The first-order valence-electron chi connectivity index (χ1n) is 3.54. The van der Waals surface area contributed by atoms with Gasteiger partial charge in [-0.2, -0.15) is 5.10 Å². The summed E-state index contributed by atoms with van der Waals surface area (Å²) in [5, 5.41) is 13.3. The van der Waals surface area contributed by atoms with Gasteiger partial charge in [0.1, 0.15) is 0 Å². The summed E-state index contributed by atoms with van der Waals surface area (Å²) in [5.41, 5.74) is 0.779. The molecule has 4 heteroatoms. The predicted octanol–water partition coefficient (Wildman–Crippen LogP) is 1.18. The number of aryl methyl sites for hydroxylation is 1. The number of aliphatic hydroxyl groups excluding tert-OH is 1. The Morgan fingerprint density at radius 1 is 1.82 bits per heavy atom. The Kier molecular flexibility index (Phi) is 2.91. The fraction of sp³-hybridized carbons (Fsp3) is 0.571. The maximum atomic E-state index is 9.25. The Bertz CT molecular complexity index is 224. The van der Waals surface area contributed by atoms with E-state index < -0.39 is 6.10 Å². The molecule has 1 heterocycles. The van der Waals surface area contributed by atoms with Crippen molar-refractivity contribution in [2.24, 2.45) is 0 Å². The molecule has 0 aromatic carbocycles. The third-order valence-corrected chi connectivity index (χ3v) is 1.80. The van der Waals surface area contributed by atoms with Crippen molar-refractivity contribution in [3.8, 4) is 0 Å². The van der Waals surface area contributed by atoms with Gasteiger partial charge in [-0.3, -0.25) is 4.68 Å². The first kappa shape index (κ1) is 8.56. The molecule has 0 amide bonds. The third kappa shape index (κ3) is 1.94. The number of hydrogen-bond acceptors (Lipinski definition) is 2. The van der Waals surface area contributed by atoms with Gasteiger partial charge in [-0.25, -0.2) is 0 Å². The van der Waals surface area contributed by atoms with Crippen LogP contribution in [0.3, 0.4) is 0 Å². The van der Waals surface area contributed by atoms with Crippen LogP contribution in [0.15, 0.2) is 12.4 Å². The smallest absolute Gasteiger partial charge is 0.0955 e. The first-order chi connectivity index (χ1) is 5.27. The number of hydrogen-bond donors (Lipinski definition) is 1. The third-order valence-electron chi connectivity index (χ3n) is 1.51. The summed E-state index contributed by atoms with van der Waals surface area (Å²) in [7, 11) is 0. The van der Waals surface area contributed by atoms with Gasteiger partial charge in [0.15, 0.2) is 0 Å². The molecule has 0 bridgehead atoms. The summed E-state index contributed by atoms with van der Waals surface area (Å²) >= 11 is 5.45. The van der Waals surface area contributed by atoms with Crippen LogP contribution < -0.4 is 0 Å². The van der Waals surface area contributed by atoms with Crippen molar-refractivity contribution < 1.29 is 5.11 Å². The predicted molar refractivity (Wildman–Crippen MR) is 43.6 cm³/mol. The summed E-state index contributed by atoms with van der Waals surface area (Å²) in [4.78, 5) is 0. The quantitative estimate of drug-likeness (QED) is 0.699. The van der Waals surface area contributed by atoms with Crippen molar-refractivity contribution >= 4 is 11.6 Å². The SMILES string of the molecule is CCn1cc([C@@H](O)CCl)cn1. The van der Waals surface area contributed by atoms with Crippen molar-refractivity contribution in [3.63, 3.8) is 0 Å². The molecule has 0 aliphatic heterocycles. The zero-order valence-electron chi connectivity index (χ0n) is 6.37. The average molecular weight is 175 g/mol. The molecule has 0 saturated heterocycles. The topological polar surface area (TPSA) is 38.0 Å². The lowest BCUT2D eigenvalue weighted by Crippen LogP contribution is -1.97. The van der Waals surface area contributed by atoms with Crippen LogP contribution in [-0.2, 0) is 6.54 Å². The molecule has 0 aliphatic rings. The summed E-state index contributed by atoms with van der Waals surface area (Å²) < 4.78 is 1.76. The second-order valence-corrected chi connectivity index (χ2v) is 2.61. The van der Waals surface area contributed by atoms with Crippen LogP contribution in [0.25, 0.3) is 0 Å². The Balaban J connectivity index is 2.71. The standard InChI is InChI=1S/C7H11ClN2O/c1-2-10-5-6(4-9-10)7(11)3-8/h4-5,7,11H,2-3H2,1H3/t7-/m0/s1. The Morgan fingerprint density at radius 3 is 3.00 bits per heavy atom. The zero-order valence-corrected chi connectivity index (χ0v) is 7.12. The second kappa shape index (κ2) is 3.74. The largest absolute Gasteiger partial charge is 0.387 e. The highest BCUT2D eigenvalue weighted by molar-refractivity contribution is 6.18. The van der Waals surface area contributed by atoms with Gasteiger partial charge < -0.3 is 5.11 Å². The number of aliphatic hydroxyl groups is 1. The molecule has 1 aromatic rings. The number of alkyl halides is 1. The number of aromatic nitrogens is 2. The minimum absolute atomic E-state index is 0.218. The fourth-order valence-electron chi connectivity index (χ4n) is 0.814. The van der Waals surface area contributed by atoms with Crippen LogP contribution in [-0.4, -0.2) is 20.8 Å². The molecule has 3 nitrogen and oxygen atoms in total. The van der Waals surface area contributed by atoms with E-state index >= 15 is 0 Å². The van der Waals surface area contributed by atoms with E-state index in [2.05, 4.69) is 5.10 Å². The van der Waals surface area contributed by atoms with Gasteiger partial charge in [-0.05, 0) is 6.92 Å². The van der Waals surface area contributed by atoms with Gasteiger partial charge in [0, 0.05) is 18.3 Å². The van der Waals surface area contributed by atoms with Gasteiger partial charge in [0.05, 0.1) is 18.2 Å². The normalized spacial score (nSPS) is 13.4. The minimum Gasteiger partial charge on any atom is -0.387 e. The zero-order chi connectivity index (χ0) is 8.27. The van der Waals surface area contributed by atoms with E-state index in [1.807, 2.05) is 6.92 Å². The summed E-state index contributed by atoms with van der Waals surface area (Å²) in [6.07, 6.45) is 2.85. The lowest BCUT2D eigenvalue weighted by molar-refractivity contribution is 0.202. The van der Waals surface area contributed by atoms with Gasteiger partial charge in [-0.1, -0.05) is 0 Å². The van der Waals surface area contributed by atoms with E-state index in [1.54, 1.807) is 17.1 Å². The highest BCUT2D eigenvalue weighted by Crippen LogP contribution is 2.12. The molecule has 0 radical (unpaired) electrons. The molecule has 1 rings (SSSR count). The molecule has 0 unspecified atom stereocenters. The summed E-state index contributed by atoms with van der Waals surface area (Å²) in [6.45, 7) is 2.80. The molecular weight excluding hydrogens is 164 g/mol. The van der Waals surface area contributed by atoms with Crippen LogP contribution in [0.1, 0.15) is 18.6 Å². The Hall–Kier alpha value is -0.540. The molecule has 62 valence electrons. The van der Waals surface area contributed by atoms with Gasteiger partial charge in [0.25, 0.3) is 0 Å². The van der Waals surface area contributed by atoms with E-state index in [4.69, 9.17) is 11.6 Å². The number of rotatable bonds is 3. The van der Waals surface area contributed by atoms with E-state index in [9.17, 15) is 5.11 Å². The molecule has 0 saturated carbocycles. The lowest BCUT2D eigenvalue weighted by Gasteiger charge is -2.00. The maximum Gasteiger partial charge on any atom is 0.0955 e. The van der Waals surface area contributed by atoms with E-state index in [-0.39, 0.29) is 5.88 Å². The average Bonchev–Trinajstić information content (AvgIpc) is 2.50. The molecule has 0 spiro atoms. The van der Waals surface area contributed by atoms with Crippen LogP contribution in [0.5, 0.6) is 0 Å². The maximum absolute atomic E-state index is 9.25. The summed E-state index contributed by atoms with van der Waals surface area (Å²) in [6, 6.07) is 0. The highest BCUT2D eigenvalue weighted by Gasteiger charge is 2.06. The molecule has 1 atom stereocenters. The minimum atomic E-state index is -0.586. The van der Waals surface area contributed by atoms with Crippen molar-refractivity contribution in [2.45, 2.75) is 19.6 Å². The van der Waals surface area contributed by atoms with E-state index in [1.165, 1.54) is 0 Å². The number of nitrogens with zero attached hydrogens (tertiary/aromatic N) is 2. The van der Waals surface area contributed by atoms with Crippen LogP contribution in [0.2, 0.25) is 0 Å². The first-order valence-corrected chi connectivity index (χ1v) is 4.07. The Morgan fingerprint density at radius 2 is 2.55 bits per heavy atom. The van der Waals surface area contributed by atoms with Crippen molar-refractivity contribution in [3.05, 3.63) is 18.0 Å². The molecule has 0 fully saturated rings. The molecule has 1 N–H and O–H groups in total. The van der Waals surface area contributed by atoms with Crippen molar-refractivity contribution in [1.29, 1.82) is 0 Å². The Labute approximate surface area is 70.6 Å². The van der Waals surface area contributed by atoms with Crippen LogP contribution in [0, 0.1) is 0 Å². The fourth-order valence-corrected chi connectivity index (χ4v) is 0.992. The molecular formula is C7H11ClN2O. The van der Waals surface area contributed by atoms with Gasteiger partial charge >= 0.3 is 0 Å². The van der Waals surface area contributed by atoms with Crippen molar-refractivity contribution in [1.82, 2.24) is 9.78 Å². The number of halogens is 1. The van der Waals surface area contributed by atoms with Crippen LogP contribution >= 0.6 is 11.6 Å². The van der Waals surface area contributed by atoms with E-state index in [0.717, 1.165) is 12.1 Å². The van der Waals surface area contributed by atoms with Gasteiger partial charge in [-0.15, -0.1) is 11.6 Å². The van der Waals surface area contributed by atoms with Crippen LogP contribution in [0.4, 0.5) is 0 Å². The highest BCUT2D eigenvalue weighted by atomic mass is 35.5. The molecule has 0 aliphatic carbocycles. The van der Waals surface area contributed by atoms with Gasteiger partial charge in [0.2, 0.25) is 0 Å². The second-order valence-electron chi connectivity index (χ2n) is 2.30. The van der Waals surface area contributed by atoms with E-state index in [0.29, 0.717) is 0 Å².